The third-order valence-electron chi connectivity index (χ3n) is 5.01. The highest BCUT2D eigenvalue weighted by atomic mass is 16.2. The molecule has 0 spiro atoms. The number of hydrogen-bond donors (Lipinski definition) is 4. The largest absolute Gasteiger partial charge is 0.382 e. The summed E-state index contributed by atoms with van der Waals surface area (Å²) in [6.45, 7) is 1.95. The molecule has 2 amide bonds. The summed E-state index contributed by atoms with van der Waals surface area (Å²) in [5.74, 6) is -0.510. The van der Waals surface area contributed by atoms with Crippen molar-refractivity contribution in [3.63, 3.8) is 0 Å². The monoisotopic (exact) mass is 417 g/mol. The van der Waals surface area contributed by atoms with Gasteiger partial charge in [-0.2, -0.15) is 0 Å². The number of nitrogens with two attached hydrogens (primary N) is 1. The Morgan fingerprint density at radius 3 is 2.84 bits per heavy atom. The van der Waals surface area contributed by atoms with Gasteiger partial charge >= 0.3 is 0 Å². The van der Waals surface area contributed by atoms with Gasteiger partial charge in [-0.3, -0.25) is 14.6 Å². The topological polar surface area (TPSA) is 135 Å². The highest BCUT2D eigenvalue weighted by molar-refractivity contribution is 5.97. The van der Waals surface area contributed by atoms with Crippen molar-refractivity contribution in [2.45, 2.75) is 19.0 Å². The molecule has 1 atom stereocenters. The Balaban J connectivity index is 1.50. The molecule has 1 fully saturated rings. The van der Waals surface area contributed by atoms with Gasteiger partial charge < -0.3 is 21.7 Å². The second-order valence-corrected chi connectivity index (χ2v) is 7.28. The number of nitrogen functional groups attached to an aromatic ring is 1. The van der Waals surface area contributed by atoms with Crippen molar-refractivity contribution in [1.29, 1.82) is 0 Å². The minimum atomic E-state index is -0.356. The van der Waals surface area contributed by atoms with Gasteiger partial charge in [-0.25, -0.2) is 9.97 Å². The molecule has 0 radical (unpaired) electrons. The molecule has 31 heavy (non-hydrogen) atoms. The fourth-order valence-corrected chi connectivity index (χ4v) is 3.34. The van der Waals surface area contributed by atoms with E-state index in [4.69, 9.17) is 5.73 Å². The molecule has 1 aromatic carbocycles. The molecular weight excluding hydrogens is 394 g/mol. The van der Waals surface area contributed by atoms with Crippen LogP contribution in [0.15, 0.2) is 55.0 Å². The summed E-state index contributed by atoms with van der Waals surface area (Å²) in [6.07, 6.45) is 5.74. The number of aromatic nitrogens is 3. The first-order valence-corrected chi connectivity index (χ1v) is 10.0. The number of nitrogens with one attached hydrogen (secondary N) is 3. The molecule has 2 aromatic heterocycles. The predicted octanol–water partition coefficient (Wildman–Crippen LogP) is 1.14. The van der Waals surface area contributed by atoms with Gasteiger partial charge in [-0.15, -0.1) is 0 Å². The molecule has 3 aromatic rings. The average molecular weight is 417 g/mol. The Labute approximate surface area is 179 Å². The third-order valence-corrected chi connectivity index (χ3v) is 5.01. The Kier molecular flexibility index (Phi) is 6.13. The molecule has 5 N–H and O–H groups in total. The van der Waals surface area contributed by atoms with Crippen molar-refractivity contribution < 1.29 is 9.59 Å². The normalized spacial score (nSPS) is 15.4. The number of carbonyl (C=O) groups is 2. The summed E-state index contributed by atoms with van der Waals surface area (Å²) in [4.78, 5) is 37.8. The van der Waals surface area contributed by atoms with Gasteiger partial charge in [0.05, 0.1) is 11.9 Å². The molecule has 0 unspecified atom stereocenters. The average Bonchev–Trinajstić information content (AvgIpc) is 3.31. The van der Waals surface area contributed by atoms with E-state index in [1.54, 1.807) is 36.7 Å². The van der Waals surface area contributed by atoms with Crippen molar-refractivity contribution in [1.82, 2.24) is 30.9 Å². The SMILES string of the molecule is Nc1ncc(-c2cccc(C(=O)NCc3cccnc3)c2)nc1C(=O)N[C@H]1CCNC1. The molecule has 0 aliphatic carbocycles. The van der Waals surface area contributed by atoms with E-state index in [-0.39, 0.29) is 29.4 Å². The number of anilines is 1. The minimum absolute atomic E-state index is 0.0456. The lowest BCUT2D eigenvalue weighted by Crippen LogP contribution is -2.37. The molecule has 1 saturated heterocycles. The van der Waals surface area contributed by atoms with Crippen LogP contribution < -0.4 is 21.7 Å². The second-order valence-electron chi connectivity index (χ2n) is 7.28. The second kappa shape index (κ2) is 9.31. The highest BCUT2D eigenvalue weighted by Gasteiger charge is 2.21. The molecule has 0 saturated carbocycles. The summed E-state index contributed by atoms with van der Waals surface area (Å²) in [7, 11) is 0. The Morgan fingerprint density at radius 1 is 1.16 bits per heavy atom. The van der Waals surface area contributed by atoms with Gasteiger partial charge in [-0.1, -0.05) is 18.2 Å². The summed E-state index contributed by atoms with van der Waals surface area (Å²) in [6, 6.07) is 10.7. The molecule has 1 aliphatic heterocycles. The third kappa shape index (κ3) is 5.01. The number of amides is 2. The van der Waals surface area contributed by atoms with Crippen molar-refractivity contribution in [2.24, 2.45) is 0 Å². The maximum Gasteiger partial charge on any atom is 0.274 e. The van der Waals surface area contributed by atoms with Crippen molar-refractivity contribution in [3.05, 3.63) is 71.8 Å². The van der Waals surface area contributed by atoms with E-state index in [0.29, 0.717) is 23.4 Å². The molecular formula is C22H23N7O2. The highest BCUT2D eigenvalue weighted by Crippen LogP contribution is 2.20. The maximum absolute atomic E-state index is 12.6. The van der Waals surface area contributed by atoms with Crippen LogP contribution in [0.1, 0.15) is 32.8 Å². The van der Waals surface area contributed by atoms with E-state index in [0.717, 1.165) is 25.1 Å². The Morgan fingerprint density at radius 2 is 2.06 bits per heavy atom. The lowest BCUT2D eigenvalue weighted by molar-refractivity contribution is 0.0932. The number of hydrogen-bond acceptors (Lipinski definition) is 7. The van der Waals surface area contributed by atoms with E-state index in [1.807, 2.05) is 12.1 Å². The van der Waals surface area contributed by atoms with Crippen LogP contribution in [0, 0.1) is 0 Å². The quantitative estimate of drug-likeness (QED) is 0.472. The predicted molar refractivity (Wildman–Crippen MR) is 116 cm³/mol. The van der Waals surface area contributed by atoms with Crippen molar-refractivity contribution in [2.75, 3.05) is 18.8 Å². The van der Waals surface area contributed by atoms with Crippen molar-refractivity contribution >= 4 is 17.6 Å². The first kappa shape index (κ1) is 20.4. The summed E-state index contributed by atoms with van der Waals surface area (Å²) < 4.78 is 0. The van der Waals surface area contributed by atoms with Crippen molar-refractivity contribution in [3.8, 4) is 11.3 Å². The van der Waals surface area contributed by atoms with Crippen LogP contribution in [0.3, 0.4) is 0 Å². The lowest BCUT2D eigenvalue weighted by Gasteiger charge is -2.12. The first-order chi connectivity index (χ1) is 15.1. The Hall–Kier alpha value is -3.85. The van der Waals surface area contributed by atoms with Crippen LogP contribution in [-0.4, -0.2) is 45.9 Å². The standard InChI is InChI=1S/C22H23N7O2/c23-20-19(22(31)28-17-6-8-25-12-17)29-18(13-26-20)15-4-1-5-16(9-15)21(30)27-11-14-3-2-7-24-10-14/h1-5,7,9-10,13,17,25H,6,8,11-12H2,(H2,23,26)(H,27,30)(H,28,31)/t17-/m0/s1. The van der Waals surface area contributed by atoms with Gasteiger partial charge in [0.15, 0.2) is 11.5 Å². The summed E-state index contributed by atoms with van der Waals surface area (Å²) in [5, 5.41) is 8.99. The smallest absolute Gasteiger partial charge is 0.274 e. The molecule has 9 heteroatoms. The van der Waals surface area contributed by atoms with Gasteiger partial charge in [-0.05, 0) is 36.7 Å². The van der Waals surface area contributed by atoms with Gasteiger partial charge in [0.1, 0.15) is 0 Å². The van der Waals surface area contributed by atoms with Crippen LogP contribution in [0.25, 0.3) is 11.3 Å². The van der Waals surface area contributed by atoms with E-state index >= 15 is 0 Å². The molecule has 4 rings (SSSR count). The first-order valence-electron chi connectivity index (χ1n) is 10.0. The number of pyridine rings is 1. The van der Waals surface area contributed by atoms with Crippen LogP contribution in [0.4, 0.5) is 5.82 Å². The minimum Gasteiger partial charge on any atom is -0.382 e. The summed E-state index contributed by atoms with van der Waals surface area (Å²) in [5.41, 5.74) is 8.49. The molecule has 9 nitrogen and oxygen atoms in total. The summed E-state index contributed by atoms with van der Waals surface area (Å²) >= 11 is 0. The molecule has 158 valence electrons. The maximum atomic E-state index is 12.6. The number of benzene rings is 1. The molecule has 3 heterocycles. The van der Waals surface area contributed by atoms with Gasteiger partial charge in [0, 0.05) is 42.7 Å². The van der Waals surface area contributed by atoms with E-state index < -0.39 is 0 Å². The zero-order valence-corrected chi connectivity index (χ0v) is 16.8. The molecule has 0 bridgehead atoms. The fourth-order valence-electron chi connectivity index (χ4n) is 3.34. The van der Waals surface area contributed by atoms with Gasteiger partial charge in [0.2, 0.25) is 0 Å². The van der Waals surface area contributed by atoms with E-state index in [1.165, 1.54) is 6.20 Å². The van der Waals surface area contributed by atoms with Crippen LogP contribution in [0.5, 0.6) is 0 Å². The number of carbonyl (C=O) groups excluding carboxylic acids is 2. The lowest BCUT2D eigenvalue weighted by atomic mass is 10.1. The number of rotatable bonds is 6. The Bertz CT molecular complexity index is 1080. The van der Waals surface area contributed by atoms with E-state index in [2.05, 4.69) is 30.9 Å². The zero-order valence-electron chi connectivity index (χ0n) is 16.8. The zero-order chi connectivity index (χ0) is 21.6. The van der Waals surface area contributed by atoms with Gasteiger partial charge in [0.25, 0.3) is 11.8 Å². The fraction of sp³-hybridized carbons (Fsp3) is 0.227. The van der Waals surface area contributed by atoms with Crippen LogP contribution >= 0.6 is 0 Å². The van der Waals surface area contributed by atoms with E-state index in [9.17, 15) is 9.59 Å². The van der Waals surface area contributed by atoms with Crippen LogP contribution in [0.2, 0.25) is 0 Å². The molecule has 1 aliphatic rings. The van der Waals surface area contributed by atoms with Crippen LogP contribution in [-0.2, 0) is 6.54 Å². The number of nitrogens with zero attached hydrogens (tertiary/aromatic N) is 3.